The van der Waals surface area contributed by atoms with Crippen LogP contribution in [-0.2, 0) is 22.6 Å². The molecule has 0 aromatic heterocycles. The first kappa shape index (κ1) is 23.4. The Labute approximate surface area is 188 Å². The molecule has 8 nitrogen and oxygen atoms in total. The smallest absolute Gasteiger partial charge is 0.341 e. The van der Waals surface area contributed by atoms with E-state index in [9.17, 15) is 4.79 Å². The van der Waals surface area contributed by atoms with Crippen molar-refractivity contribution in [3.05, 3.63) is 58.7 Å². The summed E-state index contributed by atoms with van der Waals surface area (Å²) >= 11 is 0. The van der Waals surface area contributed by atoms with Crippen LogP contribution in [0.1, 0.15) is 33.5 Å². The Balaban J connectivity index is 1.62. The molecule has 0 spiro atoms. The fourth-order valence-electron chi connectivity index (χ4n) is 3.42. The molecule has 0 radical (unpaired) electrons. The lowest BCUT2D eigenvalue weighted by molar-refractivity contribution is 0.0597. The number of rotatable bonds is 8. The predicted molar refractivity (Wildman–Crippen MR) is 122 cm³/mol. The second-order valence-corrected chi connectivity index (χ2v) is 7.52. The molecule has 0 saturated carbocycles. The van der Waals surface area contributed by atoms with Gasteiger partial charge in [-0.15, -0.1) is 0 Å². The molecular weight excluding hydrogens is 410 g/mol. The minimum Gasteiger partial charge on any atom is -0.496 e. The van der Waals surface area contributed by atoms with Crippen LogP contribution in [0.15, 0.2) is 41.4 Å². The van der Waals surface area contributed by atoms with Crippen molar-refractivity contribution in [1.82, 2.24) is 10.6 Å². The topological polar surface area (TPSA) is 90.4 Å². The highest BCUT2D eigenvalue weighted by Gasteiger charge is 2.19. The summed E-state index contributed by atoms with van der Waals surface area (Å²) in [5, 5.41) is 6.59. The third-order valence-electron chi connectivity index (χ3n) is 5.20. The van der Waals surface area contributed by atoms with Gasteiger partial charge in [0.15, 0.2) is 5.96 Å². The summed E-state index contributed by atoms with van der Waals surface area (Å²) in [6.07, 6.45) is 0.992. The third-order valence-corrected chi connectivity index (χ3v) is 5.20. The zero-order valence-electron chi connectivity index (χ0n) is 19.1. The maximum Gasteiger partial charge on any atom is 0.341 e. The minimum atomic E-state index is -0.439. The number of aryl methyl sites for hydroxylation is 1. The van der Waals surface area contributed by atoms with Crippen molar-refractivity contribution in [3.63, 3.8) is 0 Å². The quantitative estimate of drug-likeness (QED) is 0.370. The standard InChI is InChI=1S/C24H31N3O5/c1-16-5-7-18(22(11-16)32-19-9-10-31-15-19)14-27-24(25-2)26-13-17-6-8-21(29-3)20(12-17)23(28)30-4/h5-8,11-12,19H,9-10,13-15H2,1-4H3,(H2,25,26,27). The highest BCUT2D eigenvalue weighted by atomic mass is 16.5. The van der Waals surface area contributed by atoms with Crippen molar-refractivity contribution in [3.8, 4) is 11.5 Å². The largest absolute Gasteiger partial charge is 0.496 e. The van der Waals surface area contributed by atoms with Gasteiger partial charge in [-0.2, -0.15) is 0 Å². The maximum absolute atomic E-state index is 12.0. The molecule has 8 heteroatoms. The van der Waals surface area contributed by atoms with Gasteiger partial charge in [0.05, 0.1) is 27.4 Å². The van der Waals surface area contributed by atoms with Crippen molar-refractivity contribution in [1.29, 1.82) is 0 Å². The Bertz CT molecular complexity index is 955. The molecule has 0 amide bonds. The summed E-state index contributed by atoms with van der Waals surface area (Å²) in [5.74, 6) is 1.53. The molecule has 1 aliphatic heterocycles. The summed E-state index contributed by atoms with van der Waals surface area (Å²) < 4.78 is 21.7. The van der Waals surface area contributed by atoms with E-state index in [1.54, 1.807) is 19.2 Å². The number of benzene rings is 2. The Kier molecular flexibility index (Phi) is 8.33. The third kappa shape index (κ3) is 6.13. The first-order chi connectivity index (χ1) is 15.5. The second kappa shape index (κ2) is 11.4. The Morgan fingerprint density at radius 1 is 1.12 bits per heavy atom. The lowest BCUT2D eigenvalue weighted by atomic mass is 10.1. The zero-order valence-corrected chi connectivity index (χ0v) is 19.1. The summed E-state index contributed by atoms with van der Waals surface area (Å²) in [6, 6.07) is 11.6. The van der Waals surface area contributed by atoms with Crippen LogP contribution in [0.4, 0.5) is 0 Å². The molecule has 2 N–H and O–H groups in total. The van der Waals surface area contributed by atoms with Crippen LogP contribution < -0.4 is 20.1 Å². The number of nitrogens with zero attached hydrogens (tertiary/aromatic N) is 1. The summed E-state index contributed by atoms with van der Waals surface area (Å²) in [4.78, 5) is 16.3. The summed E-state index contributed by atoms with van der Waals surface area (Å²) in [5.41, 5.74) is 3.47. The molecule has 2 aromatic carbocycles. The molecule has 1 atom stereocenters. The van der Waals surface area contributed by atoms with Crippen LogP contribution in [0.2, 0.25) is 0 Å². The van der Waals surface area contributed by atoms with Gasteiger partial charge in [-0.25, -0.2) is 4.79 Å². The van der Waals surface area contributed by atoms with Gasteiger partial charge in [0.25, 0.3) is 0 Å². The van der Waals surface area contributed by atoms with Crippen molar-refractivity contribution in [2.24, 2.45) is 4.99 Å². The molecule has 1 unspecified atom stereocenters. The fourth-order valence-corrected chi connectivity index (χ4v) is 3.42. The molecule has 0 bridgehead atoms. The van der Waals surface area contributed by atoms with Gasteiger partial charge in [-0.05, 0) is 36.2 Å². The second-order valence-electron chi connectivity index (χ2n) is 7.52. The average Bonchev–Trinajstić information content (AvgIpc) is 3.32. The van der Waals surface area contributed by atoms with E-state index in [1.807, 2.05) is 13.0 Å². The number of carbonyl (C=O) groups is 1. The van der Waals surface area contributed by atoms with Gasteiger partial charge in [-0.3, -0.25) is 4.99 Å². The van der Waals surface area contributed by atoms with E-state index in [2.05, 4.69) is 33.8 Å². The highest BCUT2D eigenvalue weighted by Crippen LogP contribution is 2.24. The van der Waals surface area contributed by atoms with Crippen molar-refractivity contribution in [2.75, 3.05) is 34.5 Å². The zero-order chi connectivity index (χ0) is 22.9. The van der Waals surface area contributed by atoms with Crippen LogP contribution in [-0.4, -0.2) is 52.5 Å². The maximum atomic E-state index is 12.0. The Morgan fingerprint density at radius 3 is 2.62 bits per heavy atom. The van der Waals surface area contributed by atoms with Gasteiger partial charge in [0.2, 0.25) is 0 Å². The number of aliphatic imine (C=N–C) groups is 1. The molecule has 172 valence electrons. The number of hydrogen-bond acceptors (Lipinski definition) is 6. The van der Waals surface area contributed by atoms with Crippen LogP contribution in [0.3, 0.4) is 0 Å². The number of methoxy groups -OCH3 is 2. The van der Waals surface area contributed by atoms with Crippen LogP contribution in [0.5, 0.6) is 11.5 Å². The normalized spacial score (nSPS) is 15.9. The number of carbonyl (C=O) groups excluding carboxylic acids is 1. The number of ether oxygens (including phenoxy) is 4. The monoisotopic (exact) mass is 441 g/mol. The average molecular weight is 442 g/mol. The van der Waals surface area contributed by atoms with Crippen LogP contribution >= 0.6 is 0 Å². The summed E-state index contributed by atoms with van der Waals surface area (Å²) in [6.45, 7) is 4.44. The van der Waals surface area contributed by atoms with Gasteiger partial charge < -0.3 is 29.6 Å². The SMILES string of the molecule is CN=C(NCc1ccc(OC)c(C(=O)OC)c1)NCc1ccc(C)cc1OC1CCOC1. The van der Waals surface area contributed by atoms with E-state index in [4.69, 9.17) is 18.9 Å². The minimum absolute atomic E-state index is 0.0899. The predicted octanol–water partition coefficient (Wildman–Crippen LogP) is 2.82. The highest BCUT2D eigenvalue weighted by molar-refractivity contribution is 5.92. The van der Waals surface area contributed by atoms with Crippen LogP contribution in [0, 0.1) is 6.92 Å². The van der Waals surface area contributed by atoms with Gasteiger partial charge >= 0.3 is 5.97 Å². The molecular formula is C24H31N3O5. The first-order valence-electron chi connectivity index (χ1n) is 10.6. The lowest BCUT2D eigenvalue weighted by Crippen LogP contribution is -2.36. The number of esters is 1. The molecule has 1 heterocycles. The van der Waals surface area contributed by atoms with E-state index in [-0.39, 0.29) is 6.10 Å². The first-order valence-corrected chi connectivity index (χ1v) is 10.6. The molecule has 32 heavy (non-hydrogen) atoms. The molecule has 3 rings (SSSR count). The molecule has 2 aromatic rings. The number of guanidine groups is 1. The molecule has 1 fully saturated rings. The molecule has 1 aliphatic rings. The van der Waals surface area contributed by atoms with E-state index >= 15 is 0 Å². The summed E-state index contributed by atoms with van der Waals surface area (Å²) in [7, 11) is 4.58. The van der Waals surface area contributed by atoms with E-state index in [0.717, 1.165) is 35.5 Å². The number of hydrogen-bond donors (Lipinski definition) is 2. The van der Waals surface area contributed by atoms with Gasteiger partial charge in [0, 0.05) is 32.1 Å². The van der Waals surface area contributed by atoms with E-state index < -0.39 is 5.97 Å². The molecule has 0 aliphatic carbocycles. The van der Waals surface area contributed by atoms with Gasteiger partial charge in [-0.1, -0.05) is 18.2 Å². The van der Waals surface area contributed by atoms with E-state index in [0.29, 0.717) is 37.0 Å². The van der Waals surface area contributed by atoms with Gasteiger partial charge in [0.1, 0.15) is 23.2 Å². The molecule has 1 saturated heterocycles. The van der Waals surface area contributed by atoms with Crippen molar-refractivity contribution < 1.29 is 23.7 Å². The fraction of sp³-hybridized carbons (Fsp3) is 0.417. The van der Waals surface area contributed by atoms with Crippen molar-refractivity contribution >= 4 is 11.9 Å². The number of nitrogens with one attached hydrogen (secondary N) is 2. The Morgan fingerprint density at radius 2 is 1.94 bits per heavy atom. The van der Waals surface area contributed by atoms with E-state index in [1.165, 1.54) is 14.2 Å². The Hall–Kier alpha value is -3.26. The lowest BCUT2D eigenvalue weighted by Gasteiger charge is -2.18. The van der Waals surface area contributed by atoms with Crippen molar-refractivity contribution in [2.45, 2.75) is 32.5 Å². The van der Waals surface area contributed by atoms with Crippen LogP contribution in [0.25, 0.3) is 0 Å².